The molecular weight excluding hydrogens is 264 g/mol. The van der Waals surface area contributed by atoms with Crippen molar-refractivity contribution in [2.75, 3.05) is 0 Å². The average molecular weight is 277 g/mol. The van der Waals surface area contributed by atoms with Crippen LogP contribution >= 0.6 is 0 Å². The summed E-state index contributed by atoms with van der Waals surface area (Å²) in [6, 6.07) is 4.92. The van der Waals surface area contributed by atoms with E-state index in [2.05, 4.69) is 4.98 Å². The quantitative estimate of drug-likeness (QED) is 0.932. The molecule has 20 heavy (non-hydrogen) atoms. The Labute approximate surface area is 114 Å². The van der Waals surface area contributed by atoms with Crippen LogP contribution in [0.4, 0.5) is 8.78 Å². The Balaban J connectivity index is 2.59. The Morgan fingerprint density at radius 1 is 1.25 bits per heavy atom. The maximum Gasteiger partial charge on any atom is 0.337 e. The van der Waals surface area contributed by atoms with Crippen molar-refractivity contribution in [1.82, 2.24) is 4.98 Å². The average Bonchev–Trinajstić information content (AvgIpc) is 2.42. The van der Waals surface area contributed by atoms with Crippen LogP contribution in [-0.4, -0.2) is 16.1 Å². The van der Waals surface area contributed by atoms with Crippen LogP contribution in [0.3, 0.4) is 0 Å². The number of carbonyl (C=O) groups is 1. The molecule has 0 fully saturated rings. The number of hydrogen-bond acceptors (Lipinski definition) is 2. The summed E-state index contributed by atoms with van der Waals surface area (Å²) < 4.78 is 27.4. The fourth-order valence-corrected chi connectivity index (χ4v) is 1.96. The summed E-state index contributed by atoms with van der Waals surface area (Å²) in [5.41, 5.74) is 0.881. The third-order valence-corrected chi connectivity index (χ3v) is 3.06. The molecule has 1 aromatic carbocycles. The van der Waals surface area contributed by atoms with Crippen LogP contribution in [0.25, 0.3) is 11.3 Å². The lowest BCUT2D eigenvalue weighted by Gasteiger charge is -2.08. The molecule has 0 saturated carbocycles. The maximum atomic E-state index is 13.9. The van der Waals surface area contributed by atoms with Gasteiger partial charge >= 0.3 is 5.97 Å². The zero-order valence-corrected chi connectivity index (χ0v) is 11.1. The van der Waals surface area contributed by atoms with Gasteiger partial charge in [0.25, 0.3) is 0 Å². The minimum atomic E-state index is -1.09. The molecule has 2 aromatic rings. The second kappa shape index (κ2) is 5.36. The molecule has 0 bridgehead atoms. The Morgan fingerprint density at radius 3 is 2.55 bits per heavy atom. The van der Waals surface area contributed by atoms with Gasteiger partial charge in [-0.25, -0.2) is 13.6 Å². The molecule has 1 N–H and O–H groups in total. The van der Waals surface area contributed by atoms with E-state index in [0.717, 1.165) is 12.1 Å². The fraction of sp³-hybridized carbons (Fsp3) is 0.200. The topological polar surface area (TPSA) is 50.2 Å². The molecule has 0 amide bonds. The molecule has 0 atom stereocenters. The monoisotopic (exact) mass is 277 g/mol. The number of pyridine rings is 1. The third kappa shape index (κ3) is 2.52. The number of carboxylic acids is 1. The number of halogens is 2. The second-order valence-electron chi connectivity index (χ2n) is 4.43. The van der Waals surface area contributed by atoms with Crippen molar-refractivity contribution in [1.29, 1.82) is 0 Å². The van der Waals surface area contributed by atoms with Crippen molar-refractivity contribution in [3.05, 3.63) is 52.7 Å². The lowest BCUT2D eigenvalue weighted by molar-refractivity contribution is 0.0695. The summed E-state index contributed by atoms with van der Waals surface area (Å²) in [6.45, 7) is 3.23. The Hall–Kier alpha value is -2.30. The van der Waals surface area contributed by atoms with Crippen molar-refractivity contribution in [2.45, 2.75) is 20.3 Å². The number of nitrogens with zero attached hydrogens (tertiary/aromatic N) is 1. The van der Waals surface area contributed by atoms with Crippen LogP contribution in [0.1, 0.15) is 28.5 Å². The van der Waals surface area contributed by atoms with E-state index < -0.39 is 17.6 Å². The molecule has 0 aliphatic carbocycles. The molecule has 104 valence electrons. The standard InChI is InChI=1S/C15H13F2NO2/c1-3-13-9(15(19)20)4-5-14(18-13)10-7-11(16)8(2)6-12(10)17/h4-7H,3H2,1-2H3,(H,19,20). The highest BCUT2D eigenvalue weighted by Gasteiger charge is 2.15. The predicted octanol–water partition coefficient (Wildman–Crippen LogP) is 3.60. The smallest absolute Gasteiger partial charge is 0.337 e. The lowest BCUT2D eigenvalue weighted by Crippen LogP contribution is -2.05. The predicted molar refractivity (Wildman–Crippen MR) is 70.7 cm³/mol. The third-order valence-electron chi connectivity index (χ3n) is 3.06. The molecule has 0 aliphatic heterocycles. The van der Waals surface area contributed by atoms with Gasteiger partial charge in [0, 0.05) is 5.56 Å². The minimum Gasteiger partial charge on any atom is -0.478 e. The molecule has 2 rings (SSSR count). The van der Waals surface area contributed by atoms with E-state index in [1.54, 1.807) is 6.92 Å². The highest BCUT2D eigenvalue weighted by molar-refractivity contribution is 5.89. The molecule has 1 heterocycles. The van der Waals surface area contributed by atoms with Gasteiger partial charge in [-0.05, 0) is 43.2 Å². The molecule has 0 spiro atoms. The number of benzene rings is 1. The van der Waals surface area contributed by atoms with E-state index in [1.165, 1.54) is 19.1 Å². The van der Waals surface area contributed by atoms with Crippen molar-refractivity contribution < 1.29 is 18.7 Å². The van der Waals surface area contributed by atoms with Crippen LogP contribution < -0.4 is 0 Å². The van der Waals surface area contributed by atoms with Gasteiger partial charge in [-0.1, -0.05) is 6.92 Å². The first-order valence-corrected chi connectivity index (χ1v) is 6.13. The molecule has 0 aliphatic rings. The molecule has 5 heteroatoms. The van der Waals surface area contributed by atoms with E-state index in [0.29, 0.717) is 12.1 Å². The minimum absolute atomic E-state index is 0.0275. The number of rotatable bonds is 3. The number of aryl methyl sites for hydroxylation is 2. The first-order chi connectivity index (χ1) is 9.43. The summed E-state index contributed by atoms with van der Waals surface area (Å²) in [7, 11) is 0. The normalized spacial score (nSPS) is 10.6. The van der Waals surface area contributed by atoms with Crippen LogP contribution in [-0.2, 0) is 6.42 Å². The van der Waals surface area contributed by atoms with E-state index in [1.807, 2.05) is 0 Å². The second-order valence-corrected chi connectivity index (χ2v) is 4.43. The number of carboxylic acid groups (broad SMARTS) is 1. The summed E-state index contributed by atoms with van der Waals surface area (Å²) >= 11 is 0. The largest absolute Gasteiger partial charge is 0.478 e. The molecule has 3 nitrogen and oxygen atoms in total. The zero-order valence-electron chi connectivity index (χ0n) is 11.1. The highest BCUT2D eigenvalue weighted by Crippen LogP contribution is 2.25. The van der Waals surface area contributed by atoms with Crippen LogP contribution in [0.2, 0.25) is 0 Å². The SMILES string of the molecule is CCc1nc(-c2cc(F)c(C)cc2F)ccc1C(=O)O. The van der Waals surface area contributed by atoms with Gasteiger partial charge in [0.2, 0.25) is 0 Å². The number of aromatic nitrogens is 1. The summed E-state index contributed by atoms with van der Waals surface area (Å²) in [6.07, 6.45) is 0.394. The van der Waals surface area contributed by atoms with E-state index in [-0.39, 0.29) is 22.4 Å². The first kappa shape index (κ1) is 14.1. The van der Waals surface area contributed by atoms with Gasteiger partial charge in [0.05, 0.1) is 17.0 Å². The van der Waals surface area contributed by atoms with Crippen molar-refractivity contribution >= 4 is 5.97 Å². The Bertz CT molecular complexity index is 684. The Morgan fingerprint density at radius 2 is 1.95 bits per heavy atom. The zero-order chi connectivity index (χ0) is 14.9. The molecule has 0 saturated heterocycles. The molecular formula is C15H13F2NO2. The van der Waals surface area contributed by atoms with Gasteiger partial charge in [-0.3, -0.25) is 4.98 Å². The van der Waals surface area contributed by atoms with Gasteiger partial charge < -0.3 is 5.11 Å². The molecule has 0 unspecified atom stereocenters. The van der Waals surface area contributed by atoms with Crippen LogP contribution in [0.5, 0.6) is 0 Å². The fourth-order valence-electron chi connectivity index (χ4n) is 1.96. The summed E-state index contributed by atoms with van der Waals surface area (Å²) in [5.74, 6) is -2.19. The van der Waals surface area contributed by atoms with Crippen LogP contribution in [0, 0.1) is 18.6 Å². The number of hydrogen-bond donors (Lipinski definition) is 1. The molecule has 0 radical (unpaired) electrons. The van der Waals surface area contributed by atoms with Gasteiger partial charge in [-0.15, -0.1) is 0 Å². The van der Waals surface area contributed by atoms with Gasteiger partial charge in [0.15, 0.2) is 0 Å². The maximum absolute atomic E-state index is 13.9. The first-order valence-electron chi connectivity index (χ1n) is 6.13. The number of aromatic carboxylic acids is 1. The van der Waals surface area contributed by atoms with E-state index in [4.69, 9.17) is 5.11 Å². The summed E-state index contributed by atoms with van der Waals surface area (Å²) in [4.78, 5) is 15.1. The molecule has 1 aromatic heterocycles. The van der Waals surface area contributed by atoms with Gasteiger partial charge in [0.1, 0.15) is 11.6 Å². The highest BCUT2D eigenvalue weighted by atomic mass is 19.1. The van der Waals surface area contributed by atoms with Crippen molar-refractivity contribution in [3.63, 3.8) is 0 Å². The van der Waals surface area contributed by atoms with Crippen molar-refractivity contribution in [2.24, 2.45) is 0 Å². The van der Waals surface area contributed by atoms with Crippen molar-refractivity contribution in [3.8, 4) is 11.3 Å². The summed E-state index contributed by atoms with van der Waals surface area (Å²) in [5, 5.41) is 9.02. The lowest BCUT2D eigenvalue weighted by atomic mass is 10.0. The van der Waals surface area contributed by atoms with E-state index in [9.17, 15) is 13.6 Å². The Kier molecular flexibility index (Phi) is 3.79. The van der Waals surface area contributed by atoms with Gasteiger partial charge in [-0.2, -0.15) is 0 Å². The van der Waals surface area contributed by atoms with Crippen LogP contribution in [0.15, 0.2) is 24.3 Å². The van der Waals surface area contributed by atoms with E-state index >= 15 is 0 Å².